The molecule has 0 bridgehead atoms. The highest BCUT2D eigenvalue weighted by molar-refractivity contribution is 7.90. The van der Waals surface area contributed by atoms with Gasteiger partial charge in [0.2, 0.25) is 5.91 Å². The summed E-state index contributed by atoms with van der Waals surface area (Å²) in [4.78, 5) is 12.3. The van der Waals surface area contributed by atoms with E-state index in [4.69, 9.17) is 4.74 Å². The Morgan fingerprint density at radius 2 is 2.00 bits per heavy atom. The monoisotopic (exact) mass is 348 g/mol. The van der Waals surface area contributed by atoms with Gasteiger partial charge in [0.15, 0.2) is 9.84 Å². The molecular formula is C14H21ClN2O4S. The maximum absolute atomic E-state index is 12.1. The Labute approximate surface area is 136 Å². The van der Waals surface area contributed by atoms with Crippen LogP contribution in [0.3, 0.4) is 0 Å². The minimum Gasteiger partial charge on any atom is -0.378 e. The summed E-state index contributed by atoms with van der Waals surface area (Å²) < 4.78 is 28.1. The van der Waals surface area contributed by atoms with Crippen molar-refractivity contribution < 1.29 is 17.9 Å². The molecule has 1 fully saturated rings. The van der Waals surface area contributed by atoms with Gasteiger partial charge in [-0.05, 0) is 24.6 Å². The van der Waals surface area contributed by atoms with E-state index >= 15 is 0 Å². The van der Waals surface area contributed by atoms with Gasteiger partial charge >= 0.3 is 0 Å². The molecule has 1 aromatic carbocycles. The Morgan fingerprint density at radius 1 is 1.36 bits per heavy atom. The molecule has 124 valence electrons. The largest absolute Gasteiger partial charge is 0.378 e. The molecule has 2 atom stereocenters. The van der Waals surface area contributed by atoms with E-state index in [1.54, 1.807) is 24.3 Å². The number of carbonyl (C=O) groups excluding carboxylic acids is 1. The highest BCUT2D eigenvalue weighted by Crippen LogP contribution is 2.16. The molecule has 8 heteroatoms. The number of halogens is 1. The van der Waals surface area contributed by atoms with E-state index in [2.05, 4.69) is 10.6 Å². The average Bonchev–Trinajstić information content (AvgIpc) is 2.47. The number of benzene rings is 1. The fraction of sp³-hybridized carbons (Fsp3) is 0.500. The standard InChI is InChI=1S/C14H20N2O4S.ClH/c1-10(16-14(17)13-9-20-8-7-15-13)11-3-5-12(6-4-11)21(2,18)19;/h3-6,10,13,15H,7-9H2,1-2H3,(H,16,17);1H. The molecule has 0 radical (unpaired) electrons. The van der Waals surface area contributed by atoms with Gasteiger partial charge in [-0.25, -0.2) is 8.42 Å². The second-order valence-electron chi connectivity index (χ2n) is 5.15. The number of hydrogen-bond acceptors (Lipinski definition) is 5. The lowest BCUT2D eigenvalue weighted by molar-refractivity contribution is -0.126. The minimum atomic E-state index is -3.20. The summed E-state index contributed by atoms with van der Waals surface area (Å²) in [5, 5.41) is 5.98. The van der Waals surface area contributed by atoms with Crippen LogP contribution in [0, 0.1) is 0 Å². The first-order valence-corrected chi connectivity index (χ1v) is 8.68. The Kier molecular flexibility index (Phi) is 6.80. The molecule has 2 N–H and O–H groups in total. The zero-order chi connectivity index (χ0) is 15.5. The fourth-order valence-electron chi connectivity index (χ4n) is 2.13. The van der Waals surface area contributed by atoms with Crippen molar-refractivity contribution in [2.45, 2.75) is 23.9 Å². The van der Waals surface area contributed by atoms with Crippen LogP contribution in [-0.2, 0) is 19.4 Å². The molecule has 2 rings (SSSR count). The van der Waals surface area contributed by atoms with Crippen LogP contribution in [0.4, 0.5) is 0 Å². The number of rotatable bonds is 4. The van der Waals surface area contributed by atoms with Crippen LogP contribution in [0.25, 0.3) is 0 Å². The van der Waals surface area contributed by atoms with E-state index < -0.39 is 9.84 Å². The molecular weight excluding hydrogens is 328 g/mol. The van der Waals surface area contributed by atoms with Gasteiger partial charge in [0.25, 0.3) is 0 Å². The molecule has 6 nitrogen and oxygen atoms in total. The molecule has 0 aromatic heterocycles. The van der Waals surface area contributed by atoms with Crippen LogP contribution >= 0.6 is 12.4 Å². The third kappa shape index (κ3) is 4.95. The summed E-state index contributed by atoms with van der Waals surface area (Å²) in [7, 11) is -3.20. The second-order valence-corrected chi connectivity index (χ2v) is 7.17. The van der Waals surface area contributed by atoms with Crippen LogP contribution in [0.2, 0.25) is 0 Å². The summed E-state index contributed by atoms with van der Waals surface area (Å²) >= 11 is 0. The highest BCUT2D eigenvalue weighted by atomic mass is 35.5. The van der Waals surface area contributed by atoms with Crippen molar-refractivity contribution in [2.75, 3.05) is 26.0 Å². The van der Waals surface area contributed by atoms with Crippen molar-refractivity contribution in [2.24, 2.45) is 0 Å². The summed E-state index contributed by atoms with van der Waals surface area (Å²) in [6.07, 6.45) is 1.17. The lowest BCUT2D eigenvalue weighted by Gasteiger charge is -2.25. The lowest BCUT2D eigenvalue weighted by Crippen LogP contribution is -2.51. The Balaban J connectivity index is 0.00000242. The molecule has 0 spiro atoms. The molecule has 1 heterocycles. The SMILES string of the molecule is CC(NC(=O)C1COCCN1)c1ccc(S(C)(=O)=O)cc1.Cl. The number of carbonyl (C=O) groups is 1. The average molecular weight is 349 g/mol. The van der Waals surface area contributed by atoms with Gasteiger partial charge in [-0.2, -0.15) is 0 Å². The molecule has 1 saturated heterocycles. The molecule has 0 aliphatic carbocycles. The topological polar surface area (TPSA) is 84.5 Å². The highest BCUT2D eigenvalue weighted by Gasteiger charge is 2.22. The van der Waals surface area contributed by atoms with Gasteiger partial charge in [-0.3, -0.25) is 4.79 Å². The molecule has 1 aromatic rings. The van der Waals surface area contributed by atoms with Gasteiger partial charge < -0.3 is 15.4 Å². The van der Waals surface area contributed by atoms with Gasteiger partial charge in [0, 0.05) is 12.8 Å². The van der Waals surface area contributed by atoms with Crippen LogP contribution < -0.4 is 10.6 Å². The summed E-state index contributed by atoms with van der Waals surface area (Å²) in [5.74, 6) is -0.116. The summed E-state index contributed by atoms with van der Waals surface area (Å²) in [6.45, 7) is 3.50. The molecule has 22 heavy (non-hydrogen) atoms. The third-order valence-corrected chi connectivity index (χ3v) is 4.53. The second kappa shape index (κ2) is 7.92. The molecule has 1 aliphatic heterocycles. The van der Waals surface area contributed by atoms with Gasteiger partial charge in [0.1, 0.15) is 6.04 Å². The maximum atomic E-state index is 12.1. The number of amides is 1. The van der Waals surface area contributed by atoms with Crippen molar-refractivity contribution in [3.05, 3.63) is 29.8 Å². The zero-order valence-electron chi connectivity index (χ0n) is 12.5. The van der Waals surface area contributed by atoms with Gasteiger partial charge in [-0.15, -0.1) is 12.4 Å². The van der Waals surface area contributed by atoms with Crippen LogP contribution in [-0.4, -0.2) is 46.4 Å². The van der Waals surface area contributed by atoms with E-state index in [0.29, 0.717) is 19.8 Å². The third-order valence-electron chi connectivity index (χ3n) is 3.41. The van der Waals surface area contributed by atoms with E-state index in [9.17, 15) is 13.2 Å². The quantitative estimate of drug-likeness (QED) is 0.835. The van der Waals surface area contributed by atoms with E-state index in [1.165, 1.54) is 6.26 Å². The predicted octanol–water partition coefficient (Wildman–Crippen LogP) is 0.678. The van der Waals surface area contributed by atoms with Crippen molar-refractivity contribution in [3.8, 4) is 0 Å². The van der Waals surface area contributed by atoms with Crippen LogP contribution in [0.5, 0.6) is 0 Å². The Bertz CT molecular complexity index is 598. The summed E-state index contributed by atoms with van der Waals surface area (Å²) in [5.41, 5.74) is 0.854. The molecule has 0 saturated carbocycles. The number of hydrogen-bond donors (Lipinski definition) is 2. The van der Waals surface area contributed by atoms with E-state index in [0.717, 1.165) is 5.56 Å². The summed E-state index contributed by atoms with van der Waals surface area (Å²) in [6, 6.07) is 5.99. The van der Waals surface area contributed by atoms with E-state index in [-0.39, 0.29) is 35.3 Å². The zero-order valence-corrected chi connectivity index (χ0v) is 14.2. The predicted molar refractivity (Wildman–Crippen MR) is 86.0 cm³/mol. The maximum Gasteiger partial charge on any atom is 0.240 e. The molecule has 1 amide bonds. The number of nitrogens with one attached hydrogen (secondary N) is 2. The fourth-order valence-corrected chi connectivity index (χ4v) is 2.77. The number of morpholine rings is 1. The van der Waals surface area contributed by atoms with Gasteiger partial charge in [-0.1, -0.05) is 12.1 Å². The minimum absolute atomic E-state index is 0. The first kappa shape index (κ1) is 18.9. The smallest absolute Gasteiger partial charge is 0.240 e. The number of ether oxygens (including phenoxy) is 1. The van der Waals surface area contributed by atoms with Crippen molar-refractivity contribution in [1.29, 1.82) is 0 Å². The normalized spacial score (nSPS) is 19.8. The number of sulfone groups is 1. The van der Waals surface area contributed by atoms with Crippen molar-refractivity contribution in [3.63, 3.8) is 0 Å². The van der Waals surface area contributed by atoms with E-state index in [1.807, 2.05) is 6.92 Å². The van der Waals surface area contributed by atoms with Gasteiger partial charge in [0.05, 0.1) is 24.2 Å². The molecule has 1 aliphatic rings. The first-order valence-electron chi connectivity index (χ1n) is 6.79. The molecule has 2 unspecified atom stereocenters. The lowest BCUT2D eigenvalue weighted by atomic mass is 10.1. The van der Waals surface area contributed by atoms with Crippen LogP contribution in [0.15, 0.2) is 29.2 Å². The Hall–Kier alpha value is -1.15. The first-order chi connectivity index (χ1) is 9.88. The Morgan fingerprint density at radius 3 is 2.50 bits per heavy atom. The van der Waals surface area contributed by atoms with Crippen molar-refractivity contribution >= 4 is 28.2 Å². The van der Waals surface area contributed by atoms with Crippen LogP contribution in [0.1, 0.15) is 18.5 Å². The van der Waals surface area contributed by atoms with Crippen molar-refractivity contribution in [1.82, 2.24) is 10.6 Å².